The van der Waals surface area contributed by atoms with Gasteiger partial charge >= 0.3 is 0 Å². The quantitative estimate of drug-likeness (QED) is 0.614. The summed E-state index contributed by atoms with van der Waals surface area (Å²) in [7, 11) is 0. The molecular formula is C23H29N5. The highest BCUT2D eigenvalue weighted by molar-refractivity contribution is 5.33. The van der Waals surface area contributed by atoms with Crippen LogP contribution < -0.4 is 5.32 Å². The molecule has 3 aromatic rings. The van der Waals surface area contributed by atoms with Crippen LogP contribution in [0.25, 0.3) is 5.69 Å². The lowest BCUT2D eigenvalue weighted by Gasteiger charge is -2.34. The zero-order valence-electron chi connectivity index (χ0n) is 16.4. The van der Waals surface area contributed by atoms with E-state index in [9.17, 15) is 0 Å². The van der Waals surface area contributed by atoms with Crippen LogP contribution in [0.2, 0.25) is 0 Å². The fraction of sp³-hybridized carbons (Fsp3) is 0.348. The van der Waals surface area contributed by atoms with Crippen molar-refractivity contribution in [1.29, 1.82) is 0 Å². The maximum atomic E-state index is 4.26. The topological polar surface area (TPSA) is 36.3 Å². The Balaban J connectivity index is 1.13. The van der Waals surface area contributed by atoms with E-state index in [1.54, 1.807) is 6.20 Å². The maximum absolute atomic E-state index is 4.26. The fourth-order valence-electron chi connectivity index (χ4n) is 3.67. The monoisotopic (exact) mass is 375 g/mol. The molecule has 0 amide bonds. The lowest BCUT2D eigenvalue weighted by atomic mass is 10.2. The first kappa shape index (κ1) is 18.9. The van der Waals surface area contributed by atoms with Crippen molar-refractivity contribution >= 4 is 0 Å². The van der Waals surface area contributed by atoms with Crippen LogP contribution in [0.15, 0.2) is 73.1 Å². The SMILES string of the molecule is c1ccc(CN2CCN(CCNCc3ccc(-n4cccn4)cc3)CC2)cc1. The molecule has 1 aliphatic rings. The molecule has 4 rings (SSSR count). The van der Waals surface area contributed by atoms with E-state index in [-0.39, 0.29) is 0 Å². The summed E-state index contributed by atoms with van der Waals surface area (Å²) in [5.41, 5.74) is 3.82. The minimum absolute atomic E-state index is 0.910. The van der Waals surface area contributed by atoms with E-state index in [0.717, 1.165) is 58.0 Å². The Kier molecular flexibility index (Phi) is 6.50. The van der Waals surface area contributed by atoms with E-state index in [1.807, 2.05) is 16.9 Å². The van der Waals surface area contributed by atoms with Crippen LogP contribution in [0.5, 0.6) is 0 Å². The van der Waals surface area contributed by atoms with Gasteiger partial charge in [-0.2, -0.15) is 5.10 Å². The molecule has 0 saturated carbocycles. The molecule has 0 radical (unpaired) electrons. The Hall–Kier alpha value is -2.47. The molecule has 0 unspecified atom stereocenters. The number of aromatic nitrogens is 2. The van der Waals surface area contributed by atoms with Gasteiger partial charge in [-0.25, -0.2) is 4.68 Å². The van der Waals surface area contributed by atoms with Crippen molar-refractivity contribution < 1.29 is 0 Å². The molecule has 28 heavy (non-hydrogen) atoms. The highest BCUT2D eigenvalue weighted by Gasteiger charge is 2.16. The van der Waals surface area contributed by atoms with E-state index in [1.165, 1.54) is 11.1 Å². The van der Waals surface area contributed by atoms with Crippen LogP contribution in [0, 0.1) is 0 Å². The smallest absolute Gasteiger partial charge is 0.0645 e. The van der Waals surface area contributed by atoms with Crippen molar-refractivity contribution in [3.05, 3.63) is 84.2 Å². The van der Waals surface area contributed by atoms with Crippen LogP contribution in [0.4, 0.5) is 0 Å². The number of hydrogen-bond acceptors (Lipinski definition) is 4. The Morgan fingerprint density at radius 1 is 0.786 bits per heavy atom. The van der Waals surface area contributed by atoms with Crippen LogP contribution >= 0.6 is 0 Å². The number of piperazine rings is 1. The second-order valence-electron chi connectivity index (χ2n) is 7.40. The van der Waals surface area contributed by atoms with Crippen LogP contribution in [0.1, 0.15) is 11.1 Å². The zero-order chi connectivity index (χ0) is 19.0. The van der Waals surface area contributed by atoms with E-state index < -0.39 is 0 Å². The molecule has 2 heterocycles. The Morgan fingerprint density at radius 3 is 2.25 bits per heavy atom. The fourth-order valence-corrected chi connectivity index (χ4v) is 3.67. The second-order valence-corrected chi connectivity index (χ2v) is 7.40. The summed E-state index contributed by atoms with van der Waals surface area (Å²) < 4.78 is 1.88. The van der Waals surface area contributed by atoms with Gasteiger partial charge in [-0.05, 0) is 29.3 Å². The number of nitrogens with zero attached hydrogens (tertiary/aromatic N) is 4. The van der Waals surface area contributed by atoms with E-state index >= 15 is 0 Å². The molecule has 5 nitrogen and oxygen atoms in total. The van der Waals surface area contributed by atoms with E-state index in [2.05, 4.69) is 74.8 Å². The van der Waals surface area contributed by atoms with Gasteiger partial charge < -0.3 is 5.32 Å². The normalized spacial score (nSPS) is 15.7. The predicted molar refractivity (Wildman–Crippen MR) is 113 cm³/mol. The van der Waals surface area contributed by atoms with Gasteiger partial charge in [-0.3, -0.25) is 9.80 Å². The molecule has 1 N–H and O–H groups in total. The van der Waals surface area contributed by atoms with Crippen LogP contribution in [-0.4, -0.2) is 58.8 Å². The van der Waals surface area contributed by atoms with E-state index in [0.29, 0.717) is 0 Å². The summed E-state index contributed by atoms with van der Waals surface area (Å²) in [5, 5.41) is 7.84. The van der Waals surface area contributed by atoms with Crippen molar-refractivity contribution in [2.75, 3.05) is 39.3 Å². The minimum Gasteiger partial charge on any atom is -0.311 e. The van der Waals surface area contributed by atoms with Crippen molar-refractivity contribution in [2.45, 2.75) is 13.1 Å². The predicted octanol–water partition coefficient (Wildman–Crippen LogP) is 2.78. The molecule has 1 fully saturated rings. The molecule has 2 aromatic carbocycles. The summed E-state index contributed by atoms with van der Waals surface area (Å²) in [4.78, 5) is 5.12. The van der Waals surface area contributed by atoms with Crippen molar-refractivity contribution in [3.63, 3.8) is 0 Å². The van der Waals surface area contributed by atoms with Gasteiger partial charge in [0.1, 0.15) is 0 Å². The molecule has 0 spiro atoms. The number of benzene rings is 2. The lowest BCUT2D eigenvalue weighted by Crippen LogP contribution is -2.47. The van der Waals surface area contributed by atoms with Crippen LogP contribution in [0.3, 0.4) is 0 Å². The second kappa shape index (κ2) is 9.64. The first-order valence-electron chi connectivity index (χ1n) is 10.2. The molecule has 0 aliphatic carbocycles. The Bertz CT molecular complexity index is 806. The Morgan fingerprint density at radius 2 is 1.54 bits per heavy atom. The average Bonchev–Trinajstić information content (AvgIpc) is 3.29. The molecule has 0 atom stereocenters. The lowest BCUT2D eigenvalue weighted by molar-refractivity contribution is 0.127. The molecule has 146 valence electrons. The third-order valence-electron chi connectivity index (χ3n) is 5.35. The van der Waals surface area contributed by atoms with Gasteiger partial charge in [0.2, 0.25) is 0 Å². The molecule has 5 heteroatoms. The van der Waals surface area contributed by atoms with Gasteiger partial charge in [0.05, 0.1) is 5.69 Å². The highest BCUT2D eigenvalue weighted by Crippen LogP contribution is 2.09. The summed E-state index contributed by atoms with van der Waals surface area (Å²) in [6, 6.07) is 21.3. The molecule has 1 saturated heterocycles. The van der Waals surface area contributed by atoms with Gasteiger partial charge in [0, 0.05) is 64.8 Å². The van der Waals surface area contributed by atoms with E-state index in [4.69, 9.17) is 0 Å². The molecular weight excluding hydrogens is 346 g/mol. The van der Waals surface area contributed by atoms with Gasteiger partial charge in [-0.1, -0.05) is 42.5 Å². The van der Waals surface area contributed by atoms with Gasteiger partial charge in [-0.15, -0.1) is 0 Å². The number of nitrogens with one attached hydrogen (secondary N) is 1. The maximum Gasteiger partial charge on any atom is 0.0645 e. The minimum atomic E-state index is 0.910. The third-order valence-corrected chi connectivity index (χ3v) is 5.35. The summed E-state index contributed by atoms with van der Waals surface area (Å²) in [6.07, 6.45) is 3.77. The van der Waals surface area contributed by atoms with Gasteiger partial charge in [0.25, 0.3) is 0 Å². The first-order chi connectivity index (χ1) is 13.9. The Labute approximate surface area is 167 Å². The zero-order valence-corrected chi connectivity index (χ0v) is 16.4. The number of rotatable bonds is 8. The number of hydrogen-bond donors (Lipinski definition) is 1. The molecule has 1 aromatic heterocycles. The standard InChI is InChI=1S/C23H29N5/c1-2-5-22(6-3-1)20-27-17-15-26(16-18-27)14-12-24-19-21-7-9-23(10-8-21)28-13-4-11-25-28/h1-11,13,24H,12,14-20H2. The third kappa shape index (κ3) is 5.29. The largest absolute Gasteiger partial charge is 0.311 e. The van der Waals surface area contributed by atoms with Crippen molar-refractivity contribution in [3.8, 4) is 5.69 Å². The average molecular weight is 376 g/mol. The molecule has 1 aliphatic heterocycles. The van der Waals surface area contributed by atoms with Crippen LogP contribution in [-0.2, 0) is 13.1 Å². The van der Waals surface area contributed by atoms with Crippen molar-refractivity contribution in [1.82, 2.24) is 24.9 Å². The van der Waals surface area contributed by atoms with Crippen molar-refractivity contribution in [2.24, 2.45) is 0 Å². The first-order valence-corrected chi connectivity index (χ1v) is 10.2. The summed E-state index contributed by atoms with van der Waals surface area (Å²) >= 11 is 0. The van der Waals surface area contributed by atoms with Gasteiger partial charge in [0.15, 0.2) is 0 Å². The summed E-state index contributed by atoms with van der Waals surface area (Å²) in [5.74, 6) is 0. The molecule has 0 bridgehead atoms. The highest BCUT2D eigenvalue weighted by atomic mass is 15.3. The summed E-state index contributed by atoms with van der Waals surface area (Å²) in [6.45, 7) is 8.76.